The van der Waals surface area contributed by atoms with E-state index in [0.29, 0.717) is 6.54 Å². The van der Waals surface area contributed by atoms with Crippen LogP contribution in [0.3, 0.4) is 0 Å². The van der Waals surface area contributed by atoms with Gasteiger partial charge in [0.25, 0.3) is 5.91 Å². The third-order valence-corrected chi connectivity index (χ3v) is 4.40. The number of hydrogen-bond donors (Lipinski definition) is 1. The van der Waals surface area contributed by atoms with Crippen LogP contribution in [0.4, 0.5) is 5.69 Å². The fourth-order valence-corrected chi connectivity index (χ4v) is 3.41. The Balaban J connectivity index is 1.81. The molecule has 0 saturated heterocycles. The van der Waals surface area contributed by atoms with Crippen molar-refractivity contribution in [3.63, 3.8) is 0 Å². The van der Waals surface area contributed by atoms with Gasteiger partial charge in [-0.3, -0.25) is 4.79 Å². The van der Waals surface area contributed by atoms with E-state index in [1.807, 2.05) is 11.0 Å². The number of benzene rings is 1. The smallest absolute Gasteiger partial charge is 0.250 e. The maximum atomic E-state index is 12.0. The van der Waals surface area contributed by atoms with E-state index in [1.165, 1.54) is 16.7 Å². The highest BCUT2D eigenvalue weighted by Gasteiger charge is 2.33. The highest BCUT2D eigenvalue weighted by molar-refractivity contribution is 5.93. The summed E-state index contributed by atoms with van der Waals surface area (Å²) >= 11 is 0. The van der Waals surface area contributed by atoms with Gasteiger partial charge in [-0.25, -0.2) is 0 Å². The van der Waals surface area contributed by atoms with Gasteiger partial charge < -0.3 is 10.2 Å². The molecule has 0 atom stereocenters. The zero-order chi connectivity index (χ0) is 14.4. The molecule has 0 aliphatic carbocycles. The lowest BCUT2D eigenvalue weighted by atomic mass is 9.95. The molecule has 1 N–H and O–H groups in total. The van der Waals surface area contributed by atoms with E-state index in [0.717, 1.165) is 36.3 Å². The first-order chi connectivity index (χ1) is 10.3. The fraction of sp³-hybridized carbons (Fsp3) is 0.278. The molecule has 3 heteroatoms. The number of allylic oxidation sites excluding steroid dienone is 1. The number of rotatable bonds is 2. The molecule has 1 amide bonds. The number of carbonyl (C=O) groups excluding carboxylic acids is 1. The molecule has 0 saturated carbocycles. The molecule has 1 aromatic rings. The molecule has 106 valence electrons. The average Bonchev–Trinajstić information content (AvgIpc) is 2.85. The van der Waals surface area contributed by atoms with Crippen LogP contribution in [0.5, 0.6) is 0 Å². The molecule has 3 heterocycles. The number of nitrogens with zero attached hydrogens (tertiary/aromatic N) is 1. The summed E-state index contributed by atoms with van der Waals surface area (Å²) < 4.78 is 0. The van der Waals surface area contributed by atoms with Gasteiger partial charge in [-0.15, -0.1) is 0 Å². The molecule has 4 rings (SSSR count). The van der Waals surface area contributed by atoms with Gasteiger partial charge in [0, 0.05) is 23.4 Å². The van der Waals surface area contributed by atoms with E-state index in [2.05, 4.69) is 36.5 Å². The van der Waals surface area contributed by atoms with E-state index < -0.39 is 0 Å². The van der Waals surface area contributed by atoms with Gasteiger partial charge in [-0.05, 0) is 35.8 Å². The molecular weight excluding hydrogens is 260 g/mol. The van der Waals surface area contributed by atoms with E-state index in [9.17, 15) is 4.79 Å². The molecule has 0 spiro atoms. The van der Waals surface area contributed by atoms with Crippen LogP contribution in [0.2, 0.25) is 0 Å². The van der Waals surface area contributed by atoms with Gasteiger partial charge in [0.15, 0.2) is 0 Å². The van der Waals surface area contributed by atoms with Gasteiger partial charge in [0.2, 0.25) is 0 Å². The molecule has 3 nitrogen and oxygen atoms in total. The average molecular weight is 278 g/mol. The lowest BCUT2D eigenvalue weighted by Crippen LogP contribution is -2.28. The first kappa shape index (κ1) is 12.5. The third kappa shape index (κ3) is 1.84. The Hall–Kier alpha value is -2.29. The van der Waals surface area contributed by atoms with Gasteiger partial charge >= 0.3 is 0 Å². The van der Waals surface area contributed by atoms with Crippen LogP contribution in [0.1, 0.15) is 30.9 Å². The quantitative estimate of drug-likeness (QED) is 0.898. The second kappa shape index (κ2) is 4.62. The largest absolute Gasteiger partial charge is 0.353 e. The molecule has 0 radical (unpaired) electrons. The fourth-order valence-electron chi connectivity index (χ4n) is 3.41. The summed E-state index contributed by atoms with van der Waals surface area (Å²) in [5.74, 6) is 0.0960. The summed E-state index contributed by atoms with van der Waals surface area (Å²) in [6, 6.07) is 6.44. The lowest BCUT2D eigenvalue weighted by Gasteiger charge is -2.22. The van der Waals surface area contributed by atoms with Crippen molar-refractivity contribution in [1.82, 2.24) is 4.90 Å². The Labute approximate surface area is 124 Å². The van der Waals surface area contributed by atoms with Crippen molar-refractivity contribution in [2.75, 3.05) is 11.9 Å². The molecule has 21 heavy (non-hydrogen) atoms. The Morgan fingerprint density at radius 2 is 2.24 bits per heavy atom. The number of aryl methyl sites for hydroxylation is 1. The number of nitrogens with one attached hydrogen (secondary N) is 1. The van der Waals surface area contributed by atoms with Crippen LogP contribution in [-0.2, 0) is 11.2 Å². The van der Waals surface area contributed by atoms with Crippen molar-refractivity contribution >= 4 is 17.7 Å². The Kier molecular flexibility index (Phi) is 2.74. The monoisotopic (exact) mass is 278 g/mol. The molecule has 0 unspecified atom stereocenters. The summed E-state index contributed by atoms with van der Waals surface area (Å²) in [5.41, 5.74) is 7.32. The molecule has 1 aromatic carbocycles. The Morgan fingerprint density at radius 3 is 3.10 bits per heavy atom. The lowest BCUT2D eigenvalue weighted by molar-refractivity contribution is -0.124. The summed E-state index contributed by atoms with van der Waals surface area (Å²) in [5, 5.41) is 3.56. The number of amides is 1. The molecular formula is C18H18N2O. The van der Waals surface area contributed by atoms with Gasteiger partial charge in [-0.2, -0.15) is 0 Å². The van der Waals surface area contributed by atoms with Crippen LogP contribution >= 0.6 is 0 Å². The van der Waals surface area contributed by atoms with E-state index in [1.54, 1.807) is 6.08 Å². The van der Waals surface area contributed by atoms with Crippen LogP contribution in [0.15, 0.2) is 47.3 Å². The first-order valence-electron chi connectivity index (χ1n) is 7.59. The van der Waals surface area contributed by atoms with Gasteiger partial charge in [0.05, 0.1) is 12.2 Å². The molecule has 0 bridgehead atoms. The first-order valence-corrected chi connectivity index (χ1v) is 7.59. The maximum Gasteiger partial charge on any atom is 0.250 e. The number of hydrogen-bond acceptors (Lipinski definition) is 2. The predicted octanol–water partition coefficient (Wildman–Crippen LogP) is 3.46. The standard InChI is InChI=1S/C18H18N2O/c1-2-5-12-6-3-7-15-14(12)10-13-11-20-16(18(13)19-15)8-4-9-17(20)21/h3-4,6-7,9-10,19H,2,5,8,11H2,1H3. The second-order valence-electron chi connectivity index (χ2n) is 5.78. The number of fused-ring (bicyclic) bond motifs is 3. The second-order valence-corrected chi connectivity index (χ2v) is 5.78. The highest BCUT2D eigenvalue weighted by Crippen LogP contribution is 2.40. The molecule has 3 aliphatic heterocycles. The van der Waals surface area contributed by atoms with Crippen molar-refractivity contribution in [3.05, 3.63) is 58.4 Å². The molecule has 0 aromatic heterocycles. The maximum absolute atomic E-state index is 12.0. The van der Waals surface area contributed by atoms with Crippen LogP contribution in [0, 0.1) is 0 Å². The minimum Gasteiger partial charge on any atom is -0.353 e. The van der Waals surface area contributed by atoms with Crippen molar-refractivity contribution in [2.45, 2.75) is 26.2 Å². The summed E-state index contributed by atoms with van der Waals surface area (Å²) in [6.07, 6.45) is 8.96. The summed E-state index contributed by atoms with van der Waals surface area (Å²) in [4.78, 5) is 13.9. The van der Waals surface area contributed by atoms with Gasteiger partial charge in [0.1, 0.15) is 0 Å². The van der Waals surface area contributed by atoms with Crippen molar-refractivity contribution in [1.29, 1.82) is 0 Å². The summed E-state index contributed by atoms with van der Waals surface area (Å²) in [6.45, 7) is 2.90. The predicted molar refractivity (Wildman–Crippen MR) is 84.5 cm³/mol. The Morgan fingerprint density at radius 1 is 1.33 bits per heavy atom. The van der Waals surface area contributed by atoms with Crippen molar-refractivity contribution in [3.8, 4) is 0 Å². The highest BCUT2D eigenvalue weighted by atomic mass is 16.2. The topological polar surface area (TPSA) is 32.3 Å². The van der Waals surface area contributed by atoms with Gasteiger partial charge in [-0.1, -0.05) is 31.6 Å². The third-order valence-electron chi connectivity index (χ3n) is 4.40. The number of carbonyl (C=O) groups is 1. The molecule has 0 fully saturated rings. The van der Waals surface area contributed by atoms with Crippen LogP contribution in [0.25, 0.3) is 6.08 Å². The van der Waals surface area contributed by atoms with Crippen molar-refractivity contribution in [2.24, 2.45) is 0 Å². The van der Waals surface area contributed by atoms with Crippen molar-refractivity contribution < 1.29 is 4.79 Å². The zero-order valence-electron chi connectivity index (χ0n) is 12.1. The molecule has 3 aliphatic rings. The van der Waals surface area contributed by atoms with E-state index in [-0.39, 0.29) is 5.91 Å². The Bertz CT molecular complexity index is 725. The normalized spacial score (nSPS) is 19.0. The minimum atomic E-state index is 0.0960. The zero-order valence-corrected chi connectivity index (χ0v) is 12.1. The summed E-state index contributed by atoms with van der Waals surface area (Å²) in [7, 11) is 0. The van der Waals surface area contributed by atoms with E-state index >= 15 is 0 Å². The van der Waals surface area contributed by atoms with Crippen LogP contribution in [-0.4, -0.2) is 17.4 Å². The van der Waals surface area contributed by atoms with E-state index in [4.69, 9.17) is 0 Å². The van der Waals surface area contributed by atoms with Crippen LogP contribution < -0.4 is 5.32 Å². The SMILES string of the molecule is CCCc1cccc2c1C=C1CN3C(=O)C=CCC3=C1N2. The minimum absolute atomic E-state index is 0.0960. The number of anilines is 1.